The summed E-state index contributed by atoms with van der Waals surface area (Å²) >= 11 is 6.03. The molecule has 1 fully saturated rings. The van der Waals surface area contributed by atoms with E-state index in [9.17, 15) is 8.78 Å². The number of nitrogens with one attached hydrogen (secondary N) is 1. The highest BCUT2D eigenvalue weighted by atomic mass is 35.5. The van der Waals surface area contributed by atoms with Crippen LogP contribution in [0.15, 0.2) is 6.07 Å². The van der Waals surface area contributed by atoms with Crippen molar-refractivity contribution in [2.75, 3.05) is 31.2 Å². The molecule has 0 radical (unpaired) electrons. The molecule has 0 spiro atoms. The smallest absolute Gasteiger partial charge is 0.266 e. The van der Waals surface area contributed by atoms with Gasteiger partial charge in [-0.15, -0.1) is 12.4 Å². The van der Waals surface area contributed by atoms with Crippen molar-refractivity contribution in [3.05, 3.63) is 39.6 Å². The van der Waals surface area contributed by atoms with Gasteiger partial charge in [0.2, 0.25) is 0 Å². The Morgan fingerprint density at radius 3 is 2.71 bits per heavy atom. The number of anilines is 2. The quantitative estimate of drug-likeness (QED) is 0.664. The number of aryl methyl sites for hydroxylation is 1. The van der Waals surface area contributed by atoms with Crippen LogP contribution in [0.5, 0.6) is 0 Å². The van der Waals surface area contributed by atoms with Crippen molar-refractivity contribution in [1.29, 1.82) is 0 Å². The summed E-state index contributed by atoms with van der Waals surface area (Å²) < 4.78 is 32.5. The van der Waals surface area contributed by atoms with Crippen LogP contribution in [0, 0.1) is 0 Å². The number of hydrogen-bond acceptors (Lipinski definition) is 6. The molecular formula is C21H25Cl2F2N5O. The topological polar surface area (TPSA) is 63.2 Å². The van der Waals surface area contributed by atoms with E-state index in [1.807, 2.05) is 4.90 Å². The molecule has 0 bridgehead atoms. The first-order chi connectivity index (χ1) is 14.6. The number of nitrogens with zero attached hydrogens (tertiary/aromatic N) is 4. The number of hydrogen-bond donors (Lipinski definition) is 1. The van der Waals surface area contributed by atoms with Gasteiger partial charge in [0.05, 0.1) is 22.6 Å². The number of halogens is 4. The summed E-state index contributed by atoms with van der Waals surface area (Å²) in [5.41, 5.74) is 3.32. The second-order valence-electron chi connectivity index (χ2n) is 8.03. The maximum Gasteiger partial charge on any atom is 0.266 e. The monoisotopic (exact) mass is 471 g/mol. The van der Waals surface area contributed by atoms with Crippen LogP contribution in [0.2, 0.25) is 5.15 Å². The van der Waals surface area contributed by atoms with Gasteiger partial charge in [-0.3, -0.25) is 0 Å². The van der Waals surface area contributed by atoms with E-state index in [2.05, 4.69) is 10.3 Å². The van der Waals surface area contributed by atoms with E-state index in [1.54, 1.807) is 0 Å². The molecule has 0 amide bonds. The summed E-state index contributed by atoms with van der Waals surface area (Å²) in [6.07, 6.45) is 1.55. The highest BCUT2D eigenvalue weighted by molar-refractivity contribution is 6.30. The fraction of sp³-hybridized carbons (Fsp3) is 0.571. The second kappa shape index (κ2) is 9.48. The summed E-state index contributed by atoms with van der Waals surface area (Å²) in [6.45, 7) is 3.69. The molecule has 3 aliphatic heterocycles. The van der Waals surface area contributed by atoms with Gasteiger partial charge in [-0.1, -0.05) is 11.6 Å². The third-order valence-corrected chi connectivity index (χ3v) is 6.45. The first-order valence-corrected chi connectivity index (χ1v) is 10.9. The number of pyridine rings is 1. The van der Waals surface area contributed by atoms with Crippen LogP contribution >= 0.6 is 24.0 Å². The molecule has 0 aliphatic carbocycles. The van der Waals surface area contributed by atoms with E-state index in [4.69, 9.17) is 26.3 Å². The van der Waals surface area contributed by atoms with Crippen molar-refractivity contribution >= 4 is 35.5 Å². The van der Waals surface area contributed by atoms with Crippen molar-refractivity contribution in [2.24, 2.45) is 0 Å². The number of ether oxygens (including phenoxy) is 1. The molecule has 168 valence electrons. The summed E-state index contributed by atoms with van der Waals surface area (Å²) in [6, 6.07) is 1.49. The van der Waals surface area contributed by atoms with Crippen molar-refractivity contribution < 1.29 is 13.5 Å². The maximum atomic E-state index is 13.5. The Bertz CT molecular complexity index is 956. The molecule has 1 saturated heterocycles. The largest absolute Gasteiger partial charge is 0.381 e. The third-order valence-electron chi connectivity index (χ3n) is 6.15. The summed E-state index contributed by atoms with van der Waals surface area (Å²) in [5.74, 6) is 1.93. The van der Waals surface area contributed by atoms with Gasteiger partial charge in [0.15, 0.2) is 0 Å². The van der Waals surface area contributed by atoms with Crippen molar-refractivity contribution in [2.45, 2.75) is 51.0 Å². The van der Waals surface area contributed by atoms with Crippen LogP contribution in [0.25, 0.3) is 0 Å². The lowest BCUT2D eigenvalue weighted by Gasteiger charge is -2.34. The highest BCUT2D eigenvalue weighted by Gasteiger charge is 2.30. The molecule has 0 aromatic carbocycles. The lowest BCUT2D eigenvalue weighted by molar-refractivity contribution is 0.0835. The van der Waals surface area contributed by atoms with Crippen LogP contribution in [-0.2, 0) is 24.1 Å². The molecular weight excluding hydrogens is 447 g/mol. The molecule has 2 aromatic rings. The van der Waals surface area contributed by atoms with Gasteiger partial charge in [-0.05, 0) is 31.7 Å². The van der Waals surface area contributed by atoms with Gasteiger partial charge in [-0.2, -0.15) is 0 Å². The molecule has 3 aliphatic rings. The Morgan fingerprint density at radius 1 is 1.13 bits per heavy atom. The SMILES string of the molecule is Cl.FC(F)c1cc2c(nc1Cl)CCCN2c1nc(C2CCOCC2)nc2c1CNCC2. The predicted molar refractivity (Wildman–Crippen MR) is 117 cm³/mol. The standard InChI is InChI=1S/C21H24ClF2N5O.ClH/c22-18-13(19(23)24)10-17-16(26-18)2-1-7-29(17)21-14-11-25-6-3-15(14)27-20(28-21)12-4-8-30-9-5-12;/h10,12,19,25H,1-9,11H2;1H. The average Bonchev–Trinajstić information content (AvgIpc) is 2.78. The van der Waals surface area contributed by atoms with Crippen LogP contribution in [0.4, 0.5) is 20.3 Å². The zero-order valence-electron chi connectivity index (χ0n) is 17.0. The fourth-order valence-corrected chi connectivity index (χ4v) is 4.79. The van der Waals surface area contributed by atoms with Crippen molar-refractivity contribution in [3.63, 3.8) is 0 Å². The Hall–Kier alpha value is -1.61. The summed E-state index contributed by atoms with van der Waals surface area (Å²) in [4.78, 5) is 16.3. The van der Waals surface area contributed by atoms with Gasteiger partial charge in [0.1, 0.15) is 16.8 Å². The normalized spacial score (nSPS) is 19.0. The fourth-order valence-electron chi connectivity index (χ4n) is 4.55. The summed E-state index contributed by atoms with van der Waals surface area (Å²) in [5, 5.41) is 3.29. The Morgan fingerprint density at radius 2 is 1.94 bits per heavy atom. The number of aromatic nitrogens is 3. The number of rotatable bonds is 3. The first-order valence-electron chi connectivity index (χ1n) is 10.5. The molecule has 5 rings (SSSR count). The van der Waals surface area contributed by atoms with Gasteiger partial charge < -0.3 is 15.0 Å². The van der Waals surface area contributed by atoms with Crippen molar-refractivity contribution in [3.8, 4) is 0 Å². The number of fused-ring (bicyclic) bond motifs is 2. The summed E-state index contributed by atoms with van der Waals surface area (Å²) in [7, 11) is 0. The van der Waals surface area contributed by atoms with Gasteiger partial charge >= 0.3 is 0 Å². The second-order valence-corrected chi connectivity index (χ2v) is 8.39. The molecule has 5 heterocycles. The van der Waals surface area contributed by atoms with Gasteiger partial charge in [0.25, 0.3) is 6.43 Å². The molecule has 6 nitrogen and oxygen atoms in total. The Labute approximate surface area is 191 Å². The van der Waals surface area contributed by atoms with Crippen LogP contribution < -0.4 is 10.2 Å². The van der Waals surface area contributed by atoms with E-state index in [0.717, 1.165) is 60.8 Å². The third kappa shape index (κ3) is 4.35. The van der Waals surface area contributed by atoms with E-state index in [-0.39, 0.29) is 29.0 Å². The first kappa shape index (κ1) is 22.6. The maximum absolute atomic E-state index is 13.5. The number of alkyl halides is 2. The lowest BCUT2D eigenvalue weighted by Crippen LogP contribution is -2.33. The minimum absolute atomic E-state index is 0. The van der Waals surface area contributed by atoms with E-state index in [0.29, 0.717) is 38.4 Å². The molecule has 31 heavy (non-hydrogen) atoms. The Balaban J connectivity index is 0.00000231. The average molecular weight is 472 g/mol. The van der Waals surface area contributed by atoms with Gasteiger partial charge in [-0.25, -0.2) is 23.7 Å². The molecule has 0 unspecified atom stereocenters. The lowest BCUT2D eigenvalue weighted by atomic mass is 9.97. The zero-order valence-corrected chi connectivity index (χ0v) is 18.6. The van der Waals surface area contributed by atoms with Crippen LogP contribution in [-0.4, -0.2) is 41.3 Å². The van der Waals surface area contributed by atoms with Crippen LogP contribution in [0.1, 0.15) is 59.9 Å². The Kier molecular flexibility index (Phi) is 6.91. The van der Waals surface area contributed by atoms with Crippen molar-refractivity contribution in [1.82, 2.24) is 20.3 Å². The molecule has 0 saturated carbocycles. The minimum atomic E-state index is -2.67. The highest BCUT2D eigenvalue weighted by Crippen LogP contribution is 2.40. The minimum Gasteiger partial charge on any atom is -0.381 e. The molecule has 10 heteroatoms. The van der Waals surface area contributed by atoms with E-state index in [1.165, 1.54) is 6.07 Å². The predicted octanol–water partition coefficient (Wildman–Crippen LogP) is 4.51. The molecule has 0 atom stereocenters. The molecule has 1 N–H and O–H groups in total. The van der Waals surface area contributed by atoms with Crippen LogP contribution in [0.3, 0.4) is 0 Å². The van der Waals surface area contributed by atoms with E-state index < -0.39 is 6.43 Å². The zero-order chi connectivity index (χ0) is 20.7. The van der Waals surface area contributed by atoms with E-state index >= 15 is 0 Å². The molecule has 2 aromatic heterocycles. The van der Waals surface area contributed by atoms with Gasteiger partial charge in [0, 0.05) is 50.8 Å².